The summed E-state index contributed by atoms with van der Waals surface area (Å²) in [5.41, 5.74) is -9.66. The highest BCUT2D eigenvalue weighted by Crippen LogP contribution is 2.78. The molecule has 0 aromatic carbocycles. The van der Waals surface area contributed by atoms with Crippen molar-refractivity contribution >= 4 is 41.8 Å². The fourth-order valence-corrected chi connectivity index (χ4v) is 12.6. The number of ether oxygens (including phenoxy) is 8. The van der Waals surface area contributed by atoms with Gasteiger partial charge in [0.05, 0.1) is 23.5 Å². The molecule has 6 rings (SSSR count). The molecule has 0 aromatic rings. The van der Waals surface area contributed by atoms with E-state index in [4.69, 9.17) is 37.9 Å². The third kappa shape index (κ3) is 5.33. The Morgan fingerprint density at radius 3 is 2.00 bits per heavy atom. The molecular weight excluding hydrogens is 736 g/mol. The van der Waals surface area contributed by atoms with Crippen LogP contribution in [0.5, 0.6) is 0 Å². The van der Waals surface area contributed by atoms with E-state index in [-0.39, 0.29) is 19.3 Å². The van der Waals surface area contributed by atoms with Crippen LogP contribution in [0, 0.1) is 39.4 Å². The monoisotopic (exact) mass is 788 g/mol. The Morgan fingerprint density at radius 2 is 1.45 bits per heavy atom. The first-order valence-electron chi connectivity index (χ1n) is 18.8. The summed E-state index contributed by atoms with van der Waals surface area (Å²) in [6, 6.07) is 0. The van der Waals surface area contributed by atoms with Gasteiger partial charge in [0.1, 0.15) is 31.0 Å². The number of methoxy groups -OCH3 is 1. The Morgan fingerprint density at radius 1 is 0.875 bits per heavy atom. The van der Waals surface area contributed by atoms with Crippen molar-refractivity contribution in [1.82, 2.24) is 0 Å². The molecule has 56 heavy (non-hydrogen) atoms. The molecule has 0 aromatic heterocycles. The van der Waals surface area contributed by atoms with Crippen LogP contribution in [0.15, 0.2) is 24.3 Å². The van der Waals surface area contributed by atoms with Crippen molar-refractivity contribution in [2.75, 3.05) is 13.7 Å². The maximum Gasteiger partial charge on any atom is 0.342 e. The van der Waals surface area contributed by atoms with E-state index in [1.807, 2.05) is 6.92 Å². The maximum atomic E-state index is 13.9. The molecule has 308 valence electrons. The van der Waals surface area contributed by atoms with Crippen LogP contribution in [-0.2, 0) is 71.5 Å². The molecule has 1 N–H and O–H groups in total. The smallest absolute Gasteiger partial charge is 0.342 e. The summed E-state index contributed by atoms with van der Waals surface area (Å²) in [6.07, 6.45) is -4.94. The highest BCUT2D eigenvalue weighted by molar-refractivity contribution is 5.87. The summed E-state index contributed by atoms with van der Waals surface area (Å²) in [6.45, 7) is 16.4. The lowest BCUT2D eigenvalue weighted by Crippen LogP contribution is -2.84. The predicted octanol–water partition coefficient (Wildman–Crippen LogP) is 2.45. The number of aliphatic hydroxyl groups is 1. The summed E-state index contributed by atoms with van der Waals surface area (Å²) in [5.74, 6) is -8.32. The van der Waals surface area contributed by atoms with E-state index in [0.29, 0.717) is 5.57 Å². The number of carbonyl (C=O) groups excluding carboxylic acids is 7. The quantitative estimate of drug-likeness (QED) is 0.170. The molecule has 2 heterocycles. The molecular formula is C40H52O16. The average Bonchev–Trinajstić information content (AvgIpc) is 3.87. The highest BCUT2D eigenvalue weighted by Gasteiger charge is 2.91. The van der Waals surface area contributed by atoms with Gasteiger partial charge in [0, 0.05) is 58.4 Å². The van der Waals surface area contributed by atoms with Crippen molar-refractivity contribution in [1.29, 1.82) is 0 Å². The van der Waals surface area contributed by atoms with E-state index in [9.17, 15) is 38.7 Å². The number of esters is 7. The van der Waals surface area contributed by atoms with Gasteiger partial charge in [-0.25, -0.2) is 9.59 Å². The Labute approximate surface area is 324 Å². The second-order valence-electron chi connectivity index (χ2n) is 17.1. The van der Waals surface area contributed by atoms with Gasteiger partial charge >= 0.3 is 41.8 Å². The van der Waals surface area contributed by atoms with Crippen LogP contribution < -0.4 is 0 Å². The number of hydrogen-bond donors (Lipinski definition) is 1. The maximum absolute atomic E-state index is 13.9. The second-order valence-corrected chi connectivity index (χ2v) is 17.1. The average molecular weight is 789 g/mol. The zero-order valence-corrected chi connectivity index (χ0v) is 33.5. The number of rotatable bonds is 7. The molecule has 0 bridgehead atoms. The van der Waals surface area contributed by atoms with Crippen molar-refractivity contribution in [3.63, 3.8) is 0 Å². The van der Waals surface area contributed by atoms with Gasteiger partial charge in [0.25, 0.3) is 0 Å². The third-order valence-corrected chi connectivity index (χ3v) is 14.4. The van der Waals surface area contributed by atoms with E-state index >= 15 is 0 Å². The summed E-state index contributed by atoms with van der Waals surface area (Å²) < 4.78 is 47.9. The lowest BCUT2D eigenvalue weighted by molar-refractivity contribution is -0.357. The molecule has 15 atom stereocenters. The molecule has 4 aliphatic carbocycles. The van der Waals surface area contributed by atoms with E-state index in [0.717, 1.165) is 21.0 Å². The van der Waals surface area contributed by atoms with Crippen LogP contribution in [0.4, 0.5) is 0 Å². The third-order valence-electron chi connectivity index (χ3n) is 14.4. The molecule has 0 radical (unpaired) electrons. The van der Waals surface area contributed by atoms with Crippen molar-refractivity contribution in [3.8, 4) is 0 Å². The van der Waals surface area contributed by atoms with Gasteiger partial charge in [-0.15, -0.1) is 0 Å². The van der Waals surface area contributed by atoms with Crippen LogP contribution in [0.3, 0.4) is 0 Å². The molecule has 0 unspecified atom stereocenters. The zero-order chi connectivity index (χ0) is 41.7. The van der Waals surface area contributed by atoms with Gasteiger partial charge in [-0.1, -0.05) is 26.5 Å². The van der Waals surface area contributed by atoms with E-state index < -0.39 is 136 Å². The van der Waals surface area contributed by atoms with E-state index in [1.54, 1.807) is 26.8 Å². The standard InChI is InChI=1S/C40H52O16/c1-18-16-39(48)26-14-15-35(8)25-12-13-27(46)50-17-38(25,19(2)51-20(3)41)31(53-22(5)43)28(52-21(4)42)29(35)36(26,9)32(54-23(6)44)33(55-24(7)45)37(39,10)40(30(18)56-40)34(47)49-11/h12-13,19,25-26,28-33,48H,1,14-17H2,2-11H3/t19-,25+,26-,28+,29+,30-,31+,32-,33+,35+,36+,37-,38-,39-,40+/m1/s1. The molecule has 16 heteroatoms. The topological polar surface area (TPSA) is 217 Å². The van der Waals surface area contributed by atoms with Crippen molar-refractivity contribution in [2.24, 2.45) is 39.4 Å². The predicted molar refractivity (Wildman–Crippen MR) is 188 cm³/mol. The second kappa shape index (κ2) is 13.4. The van der Waals surface area contributed by atoms with Crippen molar-refractivity contribution in [3.05, 3.63) is 24.3 Å². The number of epoxide rings is 1. The minimum Gasteiger partial charge on any atom is -0.467 e. The Hall–Kier alpha value is -4.31. The van der Waals surface area contributed by atoms with Crippen LogP contribution in [0.1, 0.15) is 81.6 Å². The zero-order valence-electron chi connectivity index (χ0n) is 33.5. The SMILES string of the molecule is C=C1C[C@@]2(O)[C@@H]3CC[C@]4(C)[C@H]([C@H](OC(C)=O)[C@H](OC(C)=O)[C@@]5([C@@H](C)OC(C)=O)COC(=O)C=C[C@@H]45)[C@@]3(C)[C@H](OC(C)=O)[C@H](OC(C)=O)[C@@]2(C)[C@]2(C(=O)OC)O[C@H]12. The molecule has 6 aliphatic rings. The van der Waals surface area contributed by atoms with Gasteiger partial charge in [-0.2, -0.15) is 0 Å². The van der Waals surface area contributed by atoms with Gasteiger partial charge in [0.2, 0.25) is 5.60 Å². The fraction of sp³-hybridized carbons (Fsp3) is 0.725. The van der Waals surface area contributed by atoms with Crippen LogP contribution in [-0.4, -0.2) is 108 Å². The van der Waals surface area contributed by atoms with Gasteiger partial charge in [-0.05, 0) is 49.5 Å². The van der Waals surface area contributed by atoms with Gasteiger partial charge < -0.3 is 43.0 Å². The highest BCUT2D eigenvalue weighted by atomic mass is 16.7. The molecule has 1 saturated heterocycles. The lowest BCUT2D eigenvalue weighted by atomic mass is 9.31. The first-order chi connectivity index (χ1) is 25.9. The molecule has 5 fully saturated rings. The van der Waals surface area contributed by atoms with Crippen molar-refractivity contribution < 1.29 is 76.6 Å². The minimum atomic E-state index is -2.01. The van der Waals surface area contributed by atoms with Gasteiger partial charge in [0.15, 0.2) is 12.2 Å². The summed E-state index contributed by atoms with van der Waals surface area (Å²) in [4.78, 5) is 92.7. The Kier molecular flexibility index (Phi) is 9.88. The molecule has 0 spiro atoms. The Bertz CT molecular complexity index is 1800. The van der Waals surface area contributed by atoms with E-state index in [2.05, 4.69) is 6.58 Å². The van der Waals surface area contributed by atoms with Crippen LogP contribution in [0.25, 0.3) is 0 Å². The van der Waals surface area contributed by atoms with Crippen LogP contribution in [0.2, 0.25) is 0 Å². The van der Waals surface area contributed by atoms with Crippen LogP contribution >= 0.6 is 0 Å². The van der Waals surface area contributed by atoms with Gasteiger partial charge in [-0.3, -0.25) is 24.0 Å². The molecule has 16 nitrogen and oxygen atoms in total. The molecule has 4 saturated carbocycles. The Balaban J connectivity index is 1.72. The van der Waals surface area contributed by atoms with Crippen molar-refractivity contribution in [2.45, 2.75) is 129 Å². The number of cyclic esters (lactones) is 1. The van der Waals surface area contributed by atoms with E-state index in [1.165, 1.54) is 26.8 Å². The fourth-order valence-electron chi connectivity index (χ4n) is 12.6. The summed E-state index contributed by atoms with van der Waals surface area (Å²) in [5, 5.41) is 13.6. The first-order valence-corrected chi connectivity index (χ1v) is 18.8. The largest absolute Gasteiger partial charge is 0.467 e. The lowest BCUT2D eigenvalue weighted by Gasteiger charge is -2.74. The number of fused-ring (bicyclic) bond motifs is 9. The number of allylic oxidation sites excluding steroid dienone is 1. The number of carbonyl (C=O) groups is 7. The summed E-state index contributed by atoms with van der Waals surface area (Å²) >= 11 is 0. The normalized spacial score (nSPS) is 44.9. The molecule has 0 amide bonds. The first kappa shape index (κ1) is 41.3. The summed E-state index contributed by atoms with van der Waals surface area (Å²) in [7, 11) is 1.16. The minimum absolute atomic E-state index is 0.133. The molecule has 2 aliphatic heterocycles. The number of hydrogen-bond acceptors (Lipinski definition) is 16.